The van der Waals surface area contributed by atoms with Gasteiger partial charge in [0.1, 0.15) is 0 Å². The minimum Gasteiger partial charge on any atom is -0.212 e. The van der Waals surface area contributed by atoms with Gasteiger partial charge in [0.25, 0.3) is 0 Å². The fourth-order valence-corrected chi connectivity index (χ4v) is 2.28. The van der Waals surface area contributed by atoms with Crippen molar-refractivity contribution in [3.8, 4) is 0 Å². The normalized spacial score (nSPS) is 12.0. The van der Waals surface area contributed by atoms with E-state index in [0.717, 1.165) is 11.1 Å². The molecule has 3 nitrogen and oxygen atoms in total. The Balaban J connectivity index is 2.90. The van der Waals surface area contributed by atoms with E-state index in [4.69, 9.17) is 0 Å². The third-order valence-electron chi connectivity index (χ3n) is 2.43. The van der Waals surface area contributed by atoms with Crippen LogP contribution in [0.3, 0.4) is 0 Å². The van der Waals surface area contributed by atoms with Gasteiger partial charge in [-0.3, -0.25) is 0 Å². The molecule has 0 amide bonds. The summed E-state index contributed by atoms with van der Waals surface area (Å²) in [6.07, 6.45) is 1.24. The van der Waals surface area contributed by atoms with Crippen LogP contribution in [0.2, 0.25) is 0 Å². The average Bonchev–Trinajstić information content (AvgIpc) is 2.14. The molecule has 0 saturated heterocycles. The van der Waals surface area contributed by atoms with Crippen molar-refractivity contribution in [1.29, 1.82) is 0 Å². The van der Waals surface area contributed by atoms with Gasteiger partial charge in [0.15, 0.2) is 0 Å². The van der Waals surface area contributed by atoms with Crippen LogP contribution in [0, 0.1) is 6.92 Å². The molecular formula is C11H17NO2S. The summed E-state index contributed by atoms with van der Waals surface area (Å²) in [7, 11) is -3.10. The third kappa shape index (κ3) is 3.32. The molecule has 1 aromatic carbocycles. The lowest BCUT2D eigenvalue weighted by atomic mass is 10.1. The van der Waals surface area contributed by atoms with E-state index in [-0.39, 0.29) is 0 Å². The van der Waals surface area contributed by atoms with E-state index < -0.39 is 10.0 Å². The Morgan fingerprint density at radius 2 is 1.87 bits per heavy atom. The summed E-state index contributed by atoms with van der Waals surface area (Å²) >= 11 is 0. The van der Waals surface area contributed by atoms with Crippen LogP contribution >= 0.6 is 0 Å². The van der Waals surface area contributed by atoms with Crippen molar-refractivity contribution in [2.45, 2.75) is 20.4 Å². The molecule has 15 heavy (non-hydrogen) atoms. The minimum absolute atomic E-state index is 0.460. The Labute approximate surface area is 91.8 Å². The number of benzene rings is 1. The Morgan fingerprint density at radius 1 is 1.27 bits per heavy atom. The molecule has 0 aliphatic rings. The summed E-state index contributed by atoms with van der Waals surface area (Å²) in [5.41, 5.74) is 2.18. The maximum Gasteiger partial charge on any atom is 0.211 e. The summed E-state index contributed by atoms with van der Waals surface area (Å²) in [6.45, 7) is 4.81. The maximum atomic E-state index is 11.4. The zero-order valence-electron chi connectivity index (χ0n) is 9.40. The number of hydrogen-bond donors (Lipinski definition) is 0. The Kier molecular flexibility index (Phi) is 3.88. The zero-order chi connectivity index (χ0) is 11.5. The molecule has 0 aliphatic heterocycles. The van der Waals surface area contributed by atoms with Crippen molar-refractivity contribution < 1.29 is 8.42 Å². The summed E-state index contributed by atoms with van der Waals surface area (Å²) in [5.74, 6) is 0. The van der Waals surface area contributed by atoms with Crippen molar-refractivity contribution >= 4 is 10.0 Å². The highest BCUT2D eigenvalue weighted by Crippen LogP contribution is 2.12. The second-order valence-electron chi connectivity index (χ2n) is 3.62. The first-order valence-corrected chi connectivity index (χ1v) is 6.79. The first-order chi connectivity index (χ1) is 6.95. The van der Waals surface area contributed by atoms with Gasteiger partial charge in [-0.25, -0.2) is 8.42 Å². The molecule has 0 radical (unpaired) electrons. The molecule has 0 aliphatic carbocycles. The predicted octanol–water partition coefficient (Wildman–Crippen LogP) is 1.78. The van der Waals surface area contributed by atoms with Crippen molar-refractivity contribution in [1.82, 2.24) is 4.31 Å². The van der Waals surface area contributed by atoms with E-state index in [1.54, 1.807) is 0 Å². The summed E-state index contributed by atoms with van der Waals surface area (Å²) in [6, 6.07) is 7.84. The second kappa shape index (κ2) is 4.77. The number of sulfonamides is 1. The van der Waals surface area contributed by atoms with E-state index in [2.05, 4.69) is 0 Å². The van der Waals surface area contributed by atoms with Crippen molar-refractivity contribution in [2.24, 2.45) is 0 Å². The lowest BCUT2D eigenvalue weighted by molar-refractivity contribution is 0.427. The maximum absolute atomic E-state index is 11.4. The van der Waals surface area contributed by atoms with E-state index in [0.29, 0.717) is 13.1 Å². The molecule has 0 fully saturated rings. The lowest BCUT2D eigenvalue weighted by Crippen LogP contribution is -2.29. The molecule has 0 spiro atoms. The smallest absolute Gasteiger partial charge is 0.211 e. The van der Waals surface area contributed by atoms with Crippen LogP contribution in [0.1, 0.15) is 18.1 Å². The molecule has 0 saturated carbocycles. The van der Waals surface area contributed by atoms with Crippen LogP contribution in [0.15, 0.2) is 24.3 Å². The van der Waals surface area contributed by atoms with E-state index in [1.165, 1.54) is 10.6 Å². The van der Waals surface area contributed by atoms with Crippen LogP contribution in [0.25, 0.3) is 0 Å². The van der Waals surface area contributed by atoms with Crippen LogP contribution < -0.4 is 0 Å². The molecule has 1 rings (SSSR count). The number of aryl methyl sites for hydroxylation is 1. The second-order valence-corrected chi connectivity index (χ2v) is 5.60. The number of hydrogen-bond acceptors (Lipinski definition) is 2. The van der Waals surface area contributed by atoms with Crippen LogP contribution in [0.5, 0.6) is 0 Å². The first kappa shape index (κ1) is 12.2. The third-order valence-corrected chi connectivity index (χ3v) is 3.76. The minimum atomic E-state index is -3.10. The fourth-order valence-electron chi connectivity index (χ4n) is 1.44. The largest absolute Gasteiger partial charge is 0.212 e. The summed E-state index contributed by atoms with van der Waals surface area (Å²) in [4.78, 5) is 0. The van der Waals surface area contributed by atoms with Gasteiger partial charge in [-0.05, 0) is 18.1 Å². The molecular weight excluding hydrogens is 210 g/mol. The zero-order valence-corrected chi connectivity index (χ0v) is 10.2. The van der Waals surface area contributed by atoms with Gasteiger partial charge in [-0.2, -0.15) is 4.31 Å². The quantitative estimate of drug-likeness (QED) is 0.786. The molecule has 0 unspecified atom stereocenters. The van der Waals surface area contributed by atoms with Gasteiger partial charge < -0.3 is 0 Å². The van der Waals surface area contributed by atoms with Gasteiger partial charge >= 0.3 is 0 Å². The topological polar surface area (TPSA) is 37.4 Å². The van der Waals surface area contributed by atoms with Gasteiger partial charge in [-0.1, -0.05) is 31.2 Å². The molecule has 0 heterocycles. The molecule has 0 aromatic heterocycles. The average molecular weight is 227 g/mol. The van der Waals surface area contributed by atoms with Crippen molar-refractivity contribution in [3.63, 3.8) is 0 Å². The lowest BCUT2D eigenvalue weighted by Gasteiger charge is -2.18. The standard InChI is InChI=1S/C11H17NO2S/c1-4-12(15(3,13)14)9-11-8-6-5-7-10(11)2/h5-8H,4,9H2,1-3H3. The van der Waals surface area contributed by atoms with E-state index >= 15 is 0 Å². The highest BCUT2D eigenvalue weighted by Gasteiger charge is 2.15. The van der Waals surface area contributed by atoms with Crippen molar-refractivity contribution in [2.75, 3.05) is 12.8 Å². The molecule has 1 aromatic rings. The van der Waals surface area contributed by atoms with Gasteiger partial charge in [0.2, 0.25) is 10.0 Å². The molecule has 0 N–H and O–H groups in total. The van der Waals surface area contributed by atoms with Gasteiger partial charge in [0.05, 0.1) is 6.26 Å². The van der Waals surface area contributed by atoms with Crippen LogP contribution in [0.4, 0.5) is 0 Å². The van der Waals surface area contributed by atoms with Crippen LogP contribution in [-0.4, -0.2) is 25.5 Å². The molecule has 0 atom stereocenters. The first-order valence-electron chi connectivity index (χ1n) is 4.94. The Morgan fingerprint density at radius 3 is 2.33 bits per heavy atom. The summed E-state index contributed by atoms with van der Waals surface area (Å²) < 4.78 is 24.3. The van der Waals surface area contributed by atoms with E-state index in [9.17, 15) is 8.42 Å². The van der Waals surface area contributed by atoms with Crippen LogP contribution in [-0.2, 0) is 16.6 Å². The Bertz CT molecular complexity index is 426. The molecule has 84 valence electrons. The number of rotatable bonds is 4. The predicted molar refractivity (Wildman–Crippen MR) is 62.1 cm³/mol. The fraction of sp³-hybridized carbons (Fsp3) is 0.455. The Hall–Kier alpha value is -0.870. The summed E-state index contributed by atoms with van der Waals surface area (Å²) in [5, 5.41) is 0. The van der Waals surface area contributed by atoms with E-state index in [1.807, 2.05) is 38.1 Å². The molecule has 4 heteroatoms. The number of nitrogens with zero attached hydrogens (tertiary/aromatic N) is 1. The monoisotopic (exact) mass is 227 g/mol. The van der Waals surface area contributed by atoms with Gasteiger partial charge in [-0.15, -0.1) is 0 Å². The van der Waals surface area contributed by atoms with Gasteiger partial charge in [0, 0.05) is 13.1 Å². The molecule has 0 bridgehead atoms. The highest BCUT2D eigenvalue weighted by molar-refractivity contribution is 7.88. The van der Waals surface area contributed by atoms with Crippen molar-refractivity contribution in [3.05, 3.63) is 35.4 Å². The SMILES string of the molecule is CCN(Cc1ccccc1C)S(C)(=O)=O. The highest BCUT2D eigenvalue weighted by atomic mass is 32.2.